The second-order valence-electron chi connectivity index (χ2n) is 5.73. The zero-order valence-corrected chi connectivity index (χ0v) is 16.3. The standard InChI is InChI=1S/C17H16BrClN2O3S/c18-13-3-1-12(2-4-13)11-21(16-9-10-20-17(16)22)25(23,24)15-7-5-14(19)6-8-15/h1-8,16H,9-11H2,(H,20,22). The molecule has 1 fully saturated rings. The molecule has 1 N–H and O–H groups in total. The summed E-state index contributed by atoms with van der Waals surface area (Å²) in [5.41, 5.74) is 0.806. The van der Waals surface area contributed by atoms with Gasteiger partial charge in [0.05, 0.1) is 4.90 Å². The molecule has 132 valence electrons. The van der Waals surface area contributed by atoms with Crippen LogP contribution in [0.4, 0.5) is 0 Å². The lowest BCUT2D eigenvalue weighted by molar-refractivity contribution is -0.122. The summed E-state index contributed by atoms with van der Waals surface area (Å²) in [5, 5.41) is 3.16. The van der Waals surface area contributed by atoms with Crippen molar-refractivity contribution in [1.29, 1.82) is 0 Å². The second kappa shape index (κ2) is 7.45. The molecule has 1 aliphatic rings. The second-order valence-corrected chi connectivity index (χ2v) is 8.97. The average Bonchev–Trinajstić information content (AvgIpc) is 3.00. The number of nitrogens with zero attached hydrogens (tertiary/aromatic N) is 1. The van der Waals surface area contributed by atoms with Crippen LogP contribution in [0, 0.1) is 0 Å². The molecule has 2 aromatic rings. The van der Waals surface area contributed by atoms with E-state index in [9.17, 15) is 13.2 Å². The Balaban J connectivity index is 1.99. The van der Waals surface area contributed by atoms with Gasteiger partial charge in [0, 0.05) is 22.6 Å². The zero-order chi connectivity index (χ0) is 18.0. The van der Waals surface area contributed by atoms with Crippen LogP contribution in [0.15, 0.2) is 57.9 Å². The van der Waals surface area contributed by atoms with Crippen molar-refractivity contribution in [3.8, 4) is 0 Å². The lowest BCUT2D eigenvalue weighted by atomic mass is 10.2. The van der Waals surface area contributed by atoms with Crippen molar-refractivity contribution in [2.24, 2.45) is 0 Å². The number of carbonyl (C=O) groups is 1. The first-order chi connectivity index (χ1) is 11.9. The fourth-order valence-electron chi connectivity index (χ4n) is 2.73. The molecule has 1 saturated heterocycles. The molecular weight excluding hydrogens is 428 g/mol. The lowest BCUT2D eigenvalue weighted by Gasteiger charge is -2.26. The molecule has 1 amide bonds. The SMILES string of the molecule is O=C1NCCC1N(Cc1ccc(Br)cc1)S(=O)(=O)c1ccc(Cl)cc1. The van der Waals surface area contributed by atoms with E-state index in [0.717, 1.165) is 10.0 Å². The van der Waals surface area contributed by atoms with Gasteiger partial charge in [-0.25, -0.2) is 8.42 Å². The Morgan fingerprint density at radius 2 is 1.76 bits per heavy atom. The fraction of sp³-hybridized carbons (Fsp3) is 0.235. The van der Waals surface area contributed by atoms with E-state index in [1.807, 2.05) is 24.3 Å². The van der Waals surface area contributed by atoms with E-state index in [1.165, 1.54) is 28.6 Å². The van der Waals surface area contributed by atoms with Crippen molar-refractivity contribution in [1.82, 2.24) is 9.62 Å². The quantitative estimate of drug-likeness (QED) is 0.772. The molecule has 1 aliphatic heterocycles. The maximum absolute atomic E-state index is 13.1. The van der Waals surface area contributed by atoms with Crippen molar-refractivity contribution < 1.29 is 13.2 Å². The van der Waals surface area contributed by atoms with E-state index in [4.69, 9.17) is 11.6 Å². The summed E-state index contributed by atoms with van der Waals surface area (Å²) in [6.07, 6.45) is 0.447. The number of halogens is 2. The maximum atomic E-state index is 13.1. The third kappa shape index (κ3) is 4.06. The molecule has 0 aromatic heterocycles. The molecular formula is C17H16BrClN2O3S. The number of hydrogen-bond acceptors (Lipinski definition) is 3. The Kier molecular flexibility index (Phi) is 5.48. The zero-order valence-electron chi connectivity index (χ0n) is 13.2. The molecule has 1 heterocycles. The molecule has 2 aromatic carbocycles. The van der Waals surface area contributed by atoms with Crippen LogP contribution in [0.1, 0.15) is 12.0 Å². The van der Waals surface area contributed by atoms with Gasteiger partial charge in [-0.3, -0.25) is 4.79 Å². The molecule has 3 rings (SSSR count). The normalized spacial score (nSPS) is 17.7. The first kappa shape index (κ1) is 18.4. The molecule has 8 heteroatoms. The van der Waals surface area contributed by atoms with E-state index in [-0.39, 0.29) is 17.3 Å². The van der Waals surface area contributed by atoms with Gasteiger partial charge in [0.25, 0.3) is 0 Å². The van der Waals surface area contributed by atoms with Gasteiger partial charge in [0.2, 0.25) is 15.9 Å². The van der Waals surface area contributed by atoms with Crippen LogP contribution in [-0.4, -0.2) is 31.2 Å². The van der Waals surface area contributed by atoms with Crippen LogP contribution in [0.5, 0.6) is 0 Å². The number of rotatable bonds is 5. The molecule has 1 unspecified atom stereocenters. The van der Waals surface area contributed by atoms with Gasteiger partial charge in [-0.2, -0.15) is 4.31 Å². The highest BCUT2D eigenvalue weighted by atomic mass is 79.9. The predicted octanol–water partition coefficient (Wildman–Crippen LogP) is 3.18. The number of hydrogen-bond donors (Lipinski definition) is 1. The van der Waals surface area contributed by atoms with Gasteiger partial charge in [0.1, 0.15) is 6.04 Å². The monoisotopic (exact) mass is 442 g/mol. The van der Waals surface area contributed by atoms with Crippen LogP contribution >= 0.6 is 27.5 Å². The fourth-order valence-corrected chi connectivity index (χ4v) is 4.73. The molecule has 5 nitrogen and oxygen atoms in total. The maximum Gasteiger partial charge on any atom is 0.244 e. The summed E-state index contributed by atoms with van der Waals surface area (Å²) in [6.45, 7) is 0.590. The number of amides is 1. The van der Waals surface area contributed by atoms with E-state index in [2.05, 4.69) is 21.2 Å². The molecule has 25 heavy (non-hydrogen) atoms. The van der Waals surface area contributed by atoms with Crippen LogP contribution in [-0.2, 0) is 21.4 Å². The minimum Gasteiger partial charge on any atom is -0.355 e. The van der Waals surface area contributed by atoms with E-state index >= 15 is 0 Å². The highest BCUT2D eigenvalue weighted by Crippen LogP contribution is 2.25. The molecule has 0 saturated carbocycles. The van der Waals surface area contributed by atoms with Crippen molar-refractivity contribution in [2.75, 3.05) is 6.54 Å². The minimum absolute atomic E-state index is 0.119. The van der Waals surface area contributed by atoms with Gasteiger partial charge in [-0.05, 0) is 48.4 Å². The molecule has 0 bridgehead atoms. The molecule has 0 radical (unpaired) electrons. The smallest absolute Gasteiger partial charge is 0.244 e. The van der Waals surface area contributed by atoms with Crippen LogP contribution < -0.4 is 5.32 Å². The summed E-state index contributed by atoms with van der Waals surface area (Å²) >= 11 is 9.22. The topological polar surface area (TPSA) is 66.5 Å². The first-order valence-electron chi connectivity index (χ1n) is 7.67. The number of carbonyl (C=O) groups excluding carboxylic acids is 1. The van der Waals surface area contributed by atoms with Crippen molar-refractivity contribution in [2.45, 2.75) is 23.9 Å². The average molecular weight is 444 g/mol. The Hall–Kier alpha value is -1.41. The van der Waals surface area contributed by atoms with Gasteiger partial charge < -0.3 is 5.32 Å². The Labute approximate surface area is 160 Å². The summed E-state index contributed by atoms with van der Waals surface area (Å²) in [7, 11) is -3.84. The highest BCUT2D eigenvalue weighted by Gasteiger charge is 2.38. The largest absolute Gasteiger partial charge is 0.355 e. The summed E-state index contributed by atoms with van der Waals surface area (Å²) in [5.74, 6) is -0.269. The predicted molar refractivity (Wildman–Crippen MR) is 99.7 cm³/mol. The van der Waals surface area contributed by atoms with Gasteiger partial charge in [-0.1, -0.05) is 39.7 Å². The molecule has 1 atom stereocenters. The van der Waals surface area contributed by atoms with E-state index in [0.29, 0.717) is 18.0 Å². The van der Waals surface area contributed by atoms with Gasteiger partial charge in [-0.15, -0.1) is 0 Å². The van der Waals surface area contributed by atoms with Crippen molar-refractivity contribution in [3.05, 3.63) is 63.6 Å². The van der Waals surface area contributed by atoms with E-state index in [1.54, 1.807) is 0 Å². The van der Waals surface area contributed by atoms with Crippen LogP contribution in [0.3, 0.4) is 0 Å². The number of sulfonamides is 1. The van der Waals surface area contributed by atoms with Gasteiger partial charge in [0.15, 0.2) is 0 Å². The number of nitrogens with one attached hydrogen (secondary N) is 1. The molecule has 0 aliphatic carbocycles. The summed E-state index contributed by atoms with van der Waals surface area (Å²) in [4.78, 5) is 12.3. The van der Waals surface area contributed by atoms with E-state index < -0.39 is 16.1 Å². The number of benzene rings is 2. The van der Waals surface area contributed by atoms with Crippen LogP contribution in [0.25, 0.3) is 0 Å². The molecule has 0 spiro atoms. The first-order valence-corrected chi connectivity index (χ1v) is 10.3. The van der Waals surface area contributed by atoms with Crippen LogP contribution in [0.2, 0.25) is 5.02 Å². The Morgan fingerprint density at radius 3 is 2.32 bits per heavy atom. The Morgan fingerprint density at radius 1 is 1.12 bits per heavy atom. The Bertz CT molecular complexity index is 870. The summed E-state index contributed by atoms with van der Waals surface area (Å²) < 4.78 is 28.5. The third-order valence-electron chi connectivity index (χ3n) is 4.04. The third-order valence-corrected chi connectivity index (χ3v) is 6.69. The van der Waals surface area contributed by atoms with Gasteiger partial charge >= 0.3 is 0 Å². The summed E-state index contributed by atoms with van der Waals surface area (Å²) in [6, 6.07) is 12.6. The van der Waals surface area contributed by atoms with Crippen molar-refractivity contribution in [3.63, 3.8) is 0 Å². The lowest BCUT2D eigenvalue weighted by Crippen LogP contribution is -2.43. The van der Waals surface area contributed by atoms with Crippen molar-refractivity contribution >= 4 is 43.5 Å². The minimum atomic E-state index is -3.84. The highest BCUT2D eigenvalue weighted by molar-refractivity contribution is 9.10.